The van der Waals surface area contributed by atoms with Crippen molar-refractivity contribution in [3.63, 3.8) is 0 Å². The van der Waals surface area contributed by atoms with Gasteiger partial charge in [-0.05, 0) is 61.3 Å². The molecule has 0 bridgehead atoms. The first kappa shape index (κ1) is 25.4. The number of nitrogens with zero attached hydrogens (tertiary/aromatic N) is 1. The number of fused-ring (bicyclic) bond motifs is 7. The molecule has 3 amide bonds. The second-order valence-electron chi connectivity index (χ2n) is 11.4. The molecule has 2 aromatic carbocycles. The Bertz CT molecular complexity index is 1470. The molecule has 0 spiro atoms. The number of carbonyl (C=O) groups excluding carboxylic acids is 3. The van der Waals surface area contributed by atoms with Crippen molar-refractivity contribution in [1.82, 2.24) is 20.5 Å². The lowest BCUT2D eigenvalue weighted by molar-refractivity contribution is -0.132. The van der Waals surface area contributed by atoms with Gasteiger partial charge in [-0.25, -0.2) is 0 Å². The normalized spacial score (nSPS) is 20.7. The molecular weight excluding hydrogens is 488 g/mol. The van der Waals surface area contributed by atoms with Crippen LogP contribution >= 0.6 is 0 Å². The van der Waals surface area contributed by atoms with Gasteiger partial charge in [0.05, 0.1) is 6.04 Å². The molecule has 0 unspecified atom stereocenters. The molecule has 3 atom stereocenters. The Labute approximate surface area is 229 Å². The first-order valence-corrected chi connectivity index (χ1v) is 14.2. The van der Waals surface area contributed by atoms with Crippen LogP contribution in [0.25, 0.3) is 10.9 Å². The Morgan fingerprint density at radius 1 is 1.08 bits per heavy atom. The average molecular weight is 525 g/mol. The third-order valence-electron chi connectivity index (χ3n) is 8.53. The number of nitrogens with one attached hydrogen (secondary N) is 3. The molecular formula is C32H36N4O3. The third-order valence-corrected chi connectivity index (χ3v) is 8.53. The summed E-state index contributed by atoms with van der Waals surface area (Å²) in [6, 6.07) is 13.9. The second kappa shape index (κ2) is 10.4. The first-order chi connectivity index (χ1) is 18.9. The van der Waals surface area contributed by atoms with Gasteiger partial charge in [-0.3, -0.25) is 14.4 Å². The van der Waals surface area contributed by atoms with Crippen LogP contribution < -0.4 is 10.6 Å². The lowest BCUT2D eigenvalue weighted by atomic mass is 9.89. The molecule has 0 radical (unpaired) electrons. The van der Waals surface area contributed by atoms with Crippen molar-refractivity contribution in [2.75, 3.05) is 6.54 Å². The van der Waals surface area contributed by atoms with Crippen molar-refractivity contribution in [2.24, 2.45) is 5.92 Å². The number of hydrogen-bond donors (Lipinski definition) is 3. The molecule has 1 aliphatic carbocycles. The molecule has 3 aliphatic rings. The summed E-state index contributed by atoms with van der Waals surface area (Å²) in [4.78, 5) is 46.1. The van der Waals surface area contributed by atoms with Crippen molar-refractivity contribution >= 4 is 28.6 Å². The zero-order chi connectivity index (χ0) is 27.1. The molecule has 0 saturated heterocycles. The number of hydrogen-bond acceptors (Lipinski definition) is 3. The molecule has 39 heavy (non-hydrogen) atoms. The third kappa shape index (κ3) is 4.54. The minimum absolute atomic E-state index is 0.0997. The molecule has 6 rings (SSSR count). The van der Waals surface area contributed by atoms with Crippen molar-refractivity contribution < 1.29 is 14.4 Å². The number of aromatic amines is 1. The smallest absolute Gasteiger partial charge is 0.255 e. The molecule has 202 valence electrons. The Balaban J connectivity index is 1.26. The summed E-state index contributed by atoms with van der Waals surface area (Å²) in [5.74, 6) is -0.712. The largest absolute Gasteiger partial charge is 0.356 e. The number of benzene rings is 2. The van der Waals surface area contributed by atoms with Crippen molar-refractivity contribution in [2.45, 2.75) is 70.5 Å². The number of carbonyl (C=O) groups is 3. The predicted molar refractivity (Wildman–Crippen MR) is 151 cm³/mol. The second-order valence-corrected chi connectivity index (χ2v) is 11.4. The highest BCUT2D eigenvalue weighted by Gasteiger charge is 2.49. The maximum atomic E-state index is 13.9. The molecule has 7 heteroatoms. The van der Waals surface area contributed by atoms with E-state index in [0.29, 0.717) is 18.5 Å². The highest BCUT2D eigenvalue weighted by Crippen LogP contribution is 2.46. The Morgan fingerprint density at radius 2 is 1.87 bits per heavy atom. The van der Waals surface area contributed by atoms with Crippen LogP contribution in [0.2, 0.25) is 0 Å². The van der Waals surface area contributed by atoms with Crippen LogP contribution in [0.5, 0.6) is 0 Å². The monoisotopic (exact) mass is 524 g/mol. The number of para-hydroxylation sites is 1. The summed E-state index contributed by atoms with van der Waals surface area (Å²) in [6.07, 6.45) is 8.20. The average Bonchev–Trinajstić information content (AvgIpc) is 3.47. The van der Waals surface area contributed by atoms with E-state index in [0.717, 1.165) is 47.0 Å². The SMILES string of the molecule is CC(C)[C@H](NC(=O)[C@@H]1Cc2c([nH]c3ccccc23)[C@H]2c3ccccc3C(=O)N21)C(=O)NCCC1=CCCCC1. The number of amides is 3. The lowest BCUT2D eigenvalue weighted by Gasteiger charge is -2.38. The van der Waals surface area contributed by atoms with E-state index in [9.17, 15) is 14.4 Å². The van der Waals surface area contributed by atoms with Crippen molar-refractivity contribution in [3.05, 3.63) is 82.6 Å². The maximum absolute atomic E-state index is 13.9. The Hall–Kier alpha value is -3.87. The van der Waals surface area contributed by atoms with E-state index in [4.69, 9.17) is 0 Å². The Morgan fingerprint density at radius 3 is 2.67 bits per heavy atom. The quantitative estimate of drug-likeness (QED) is 0.388. The van der Waals surface area contributed by atoms with E-state index >= 15 is 0 Å². The molecule has 3 heterocycles. The van der Waals surface area contributed by atoms with Crippen LogP contribution in [0.1, 0.15) is 79.2 Å². The number of H-pyrrole nitrogens is 1. The van der Waals surface area contributed by atoms with Crippen LogP contribution in [-0.2, 0) is 16.0 Å². The zero-order valence-electron chi connectivity index (χ0n) is 22.6. The predicted octanol–water partition coefficient (Wildman–Crippen LogP) is 4.79. The van der Waals surface area contributed by atoms with Gasteiger partial charge in [0.15, 0.2) is 0 Å². The van der Waals surface area contributed by atoms with Gasteiger partial charge in [0.2, 0.25) is 11.8 Å². The topological polar surface area (TPSA) is 94.3 Å². The summed E-state index contributed by atoms with van der Waals surface area (Å²) in [7, 11) is 0. The van der Waals surface area contributed by atoms with Crippen molar-refractivity contribution in [3.8, 4) is 0 Å². The summed E-state index contributed by atoms with van der Waals surface area (Å²) < 4.78 is 0. The highest BCUT2D eigenvalue weighted by atomic mass is 16.2. The summed E-state index contributed by atoms with van der Waals surface area (Å²) in [6.45, 7) is 4.44. The lowest BCUT2D eigenvalue weighted by Crippen LogP contribution is -2.57. The van der Waals surface area contributed by atoms with E-state index in [1.54, 1.807) is 4.90 Å². The van der Waals surface area contributed by atoms with Gasteiger partial charge < -0.3 is 20.5 Å². The van der Waals surface area contributed by atoms with Gasteiger partial charge in [0.1, 0.15) is 12.1 Å². The molecule has 3 N–H and O–H groups in total. The van der Waals surface area contributed by atoms with Crippen LogP contribution in [-0.4, -0.2) is 46.2 Å². The molecule has 3 aromatic rings. The van der Waals surface area contributed by atoms with Gasteiger partial charge in [-0.15, -0.1) is 0 Å². The zero-order valence-corrected chi connectivity index (χ0v) is 22.6. The minimum Gasteiger partial charge on any atom is -0.356 e. The molecule has 1 aromatic heterocycles. The van der Waals surface area contributed by atoms with Gasteiger partial charge in [-0.1, -0.05) is 61.9 Å². The molecule has 0 fully saturated rings. The number of rotatable bonds is 7. The molecule has 2 aliphatic heterocycles. The van der Waals surface area contributed by atoms with Crippen LogP contribution in [0.15, 0.2) is 60.2 Å². The number of allylic oxidation sites excluding steroid dienone is 1. The van der Waals surface area contributed by atoms with Crippen LogP contribution in [0.4, 0.5) is 0 Å². The van der Waals surface area contributed by atoms with Gasteiger partial charge in [0.25, 0.3) is 5.91 Å². The fourth-order valence-electron chi connectivity index (χ4n) is 6.51. The van der Waals surface area contributed by atoms with E-state index in [2.05, 4.69) is 27.8 Å². The van der Waals surface area contributed by atoms with Crippen LogP contribution in [0.3, 0.4) is 0 Å². The Kier molecular flexibility index (Phi) is 6.75. The van der Waals surface area contributed by atoms with Gasteiger partial charge in [0, 0.05) is 35.1 Å². The maximum Gasteiger partial charge on any atom is 0.255 e. The highest BCUT2D eigenvalue weighted by molar-refractivity contribution is 6.04. The van der Waals surface area contributed by atoms with E-state index in [1.165, 1.54) is 18.4 Å². The standard InChI is InChI=1S/C32H36N4O3/c1-19(2)27(31(38)33-17-16-20-10-4-3-5-11-20)35-30(37)26-18-24-21-12-8-9-15-25(21)34-28(24)29-22-13-6-7-14-23(22)32(39)36(26)29/h6-10,12-15,19,26-27,29,34H,3-5,11,16-18H2,1-2H3,(H,33,38)(H,35,37)/t26-,27-,29+/m0/s1. The molecule has 0 saturated carbocycles. The fraction of sp³-hybridized carbons (Fsp3) is 0.406. The fourth-order valence-corrected chi connectivity index (χ4v) is 6.51. The van der Waals surface area contributed by atoms with Crippen LogP contribution in [0, 0.1) is 5.92 Å². The summed E-state index contributed by atoms with van der Waals surface area (Å²) in [5.41, 5.74) is 5.95. The summed E-state index contributed by atoms with van der Waals surface area (Å²) >= 11 is 0. The van der Waals surface area contributed by atoms with Crippen molar-refractivity contribution in [1.29, 1.82) is 0 Å². The van der Waals surface area contributed by atoms with E-state index in [-0.39, 0.29) is 29.7 Å². The summed E-state index contributed by atoms with van der Waals surface area (Å²) in [5, 5.41) is 7.15. The first-order valence-electron chi connectivity index (χ1n) is 14.2. The minimum atomic E-state index is -0.719. The molecule has 7 nitrogen and oxygen atoms in total. The number of aromatic nitrogens is 1. The van der Waals surface area contributed by atoms with Gasteiger partial charge >= 0.3 is 0 Å². The van der Waals surface area contributed by atoms with E-state index in [1.807, 2.05) is 56.3 Å². The van der Waals surface area contributed by atoms with Gasteiger partial charge in [-0.2, -0.15) is 0 Å². The van der Waals surface area contributed by atoms with E-state index < -0.39 is 12.1 Å².